The minimum atomic E-state index is -0.396. The van der Waals surface area contributed by atoms with E-state index in [0.717, 1.165) is 12.8 Å². The van der Waals surface area contributed by atoms with Gasteiger partial charge in [-0.2, -0.15) is 0 Å². The van der Waals surface area contributed by atoms with Gasteiger partial charge in [0.05, 0.1) is 0 Å². The van der Waals surface area contributed by atoms with Crippen molar-refractivity contribution in [2.75, 3.05) is 0 Å². The summed E-state index contributed by atoms with van der Waals surface area (Å²) in [5.74, 6) is -0.320. The molecular formula is C13H16ClFO. The van der Waals surface area contributed by atoms with E-state index in [2.05, 4.69) is 0 Å². The Hall–Kier alpha value is -0.890. The van der Waals surface area contributed by atoms with E-state index in [1.807, 2.05) is 13.8 Å². The third-order valence-electron chi connectivity index (χ3n) is 2.85. The molecule has 0 aromatic heterocycles. The zero-order valence-electron chi connectivity index (χ0n) is 9.59. The zero-order chi connectivity index (χ0) is 12.1. The Balaban J connectivity index is 2.84. The lowest BCUT2D eigenvalue weighted by Gasteiger charge is -2.12. The maximum absolute atomic E-state index is 13.4. The van der Waals surface area contributed by atoms with Crippen LogP contribution in [0.3, 0.4) is 0 Å². The van der Waals surface area contributed by atoms with Gasteiger partial charge in [-0.1, -0.05) is 31.5 Å². The van der Waals surface area contributed by atoms with Crippen molar-refractivity contribution in [3.63, 3.8) is 0 Å². The molecule has 0 atom stereocenters. The highest BCUT2D eigenvalue weighted by atomic mass is 35.5. The molecule has 0 fully saturated rings. The van der Waals surface area contributed by atoms with Crippen LogP contribution in [-0.2, 0) is 11.2 Å². The van der Waals surface area contributed by atoms with Crippen LogP contribution in [0.4, 0.5) is 4.39 Å². The highest BCUT2D eigenvalue weighted by molar-refractivity contribution is 6.31. The van der Waals surface area contributed by atoms with Gasteiger partial charge < -0.3 is 0 Å². The molecule has 0 saturated heterocycles. The Morgan fingerprint density at radius 2 is 2.00 bits per heavy atom. The fourth-order valence-electron chi connectivity index (χ4n) is 1.76. The van der Waals surface area contributed by atoms with E-state index < -0.39 is 5.82 Å². The van der Waals surface area contributed by atoms with Gasteiger partial charge in [-0.25, -0.2) is 4.39 Å². The number of halogens is 2. The van der Waals surface area contributed by atoms with Gasteiger partial charge in [0.25, 0.3) is 0 Å². The first-order valence-electron chi connectivity index (χ1n) is 5.55. The lowest BCUT2D eigenvalue weighted by Crippen LogP contribution is -2.16. The summed E-state index contributed by atoms with van der Waals surface area (Å²) in [6.07, 6.45) is 1.68. The van der Waals surface area contributed by atoms with Crippen molar-refractivity contribution in [3.05, 3.63) is 34.6 Å². The number of hydrogen-bond donors (Lipinski definition) is 0. The maximum Gasteiger partial charge on any atom is 0.140 e. The predicted molar refractivity (Wildman–Crippen MR) is 64.2 cm³/mol. The zero-order valence-corrected chi connectivity index (χ0v) is 10.4. The summed E-state index contributed by atoms with van der Waals surface area (Å²) in [4.78, 5) is 11.9. The maximum atomic E-state index is 13.4. The highest BCUT2D eigenvalue weighted by Crippen LogP contribution is 2.22. The minimum Gasteiger partial charge on any atom is -0.299 e. The van der Waals surface area contributed by atoms with Gasteiger partial charge in [0.1, 0.15) is 11.6 Å². The number of Topliss-reactive ketones (excluding diaryl/α,β-unsaturated/α-hetero) is 1. The Morgan fingerprint density at radius 3 is 2.50 bits per heavy atom. The third-order valence-corrected chi connectivity index (χ3v) is 3.21. The van der Waals surface area contributed by atoms with Crippen molar-refractivity contribution in [2.24, 2.45) is 5.92 Å². The van der Waals surface area contributed by atoms with Crippen LogP contribution in [0.2, 0.25) is 5.02 Å². The van der Waals surface area contributed by atoms with E-state index in [4.69, 9.17) is 11.6 Å². The van der Waals surface area contributed by atoms with Gasteiger partial charge in [0, 0.05) is 22.9 Å². The van der Waals surface area contributed by atoms with Crippen molar-refractivity contribution in [1.82, 2.24) is 0 Å². The summed E-state index contributed by atoms with van der Waals surface area (Å²) < 4.78 is 13.4. The Kier molecular flexibility index (Phi) is 4.94. The Bertz CT molecular complexity index is 352. The average molecular weight is 243 g/mol. The quantitative estimate of drug-likeness (QED) is 0.762. The van der Waals surface area contributed by atoms with Crippen LogP contribution in [0.5, 0.6) is 0 Å². The fourth-order valence-corrected chi connectivity index (χ4v) is 1.99. The normalized spacial score (nSPS) is 10.8. The monoisotopic (exact) mass is 242 g/mol. The first-order chi connectivity index (χ1) is 7.60. The van der Waals surface area contributed by atoms with Crippen molar-refractivity contribution in [3.8, 4) is 0 Å². The molecular weight excluding hydrogens is 227 g/mol. The summed E-state index contributed by atoms with van der Waals surface area (Å²) in [6.45, 7) is 3.93. The standard InChI is InChI=1S/C13H16ClFO/c1-3-9(4-2)13(16)8-10-11(14)6-5-7-12(10)15/h5-7,9H,3-4,8H2,1-2H3. The van der Waals surface area contributed by atoms with Crippen LogP contribution < -0.4 is 0 Å². The number of rotatable bonds is 5. The molecule has 0 spiro atoms. The van der Waals surface area contributed by atoms with Crippen LogP contribution in [0.1, 0.15) is 32.3 Å². The summed E-state index contributed by atoms with van der Waals surface area (Å²) in [6, 6.07) is 4.49. The first kappa shape index (κ1) is 13.2. The summed E-state index contributed by atoms with van der Waals surface area (Å²) in [5.41, 5.74) is 0.320. The lowest BCUT2D eigenvalue weighted by atomic mass is 9.93. The molecule has 1 nitrogen and oxygen atoms in total. The molecule has 0 bridgehead atoms. The van der Waals surface area contributed by atoms with Gasteiger partial charge in [-0.15, -0.1) is 0 Å². The molecule has 16 heavy (non-hydrogen) atoms. The number of hydrogen-bond acceptors (Lipinski definition) is 1. The number of carbonyl (C=O) groups excluding carboxylic acids is 1. The molecule has 0 aliphatic carbocycles. The number of ketones is 1. The summed E-state index contributed by atoms with van der Waals surface area (Å²) in [5, 5.41) is 0.333. The first-order valence-corrected chi connectivity index (χ1v) is 5.93. The van der Waals surface area contributed by atoms with Gasteiger partial charge in [-0.05, 0) is 25.0 Å². The van der Waals surface area contributed by atoms with E-state index in [1.54, 1.807) is 12.1 Å². The smallest absolute Gasteiger partial charge is 0.140 e. The lowest BCUT2D eigenvalue weighted by molar-refractivity contribution is -0.122. The van der Waals surface area contributed by atoms with Crippen LogP contribution in [0.25, 0.3) is 0 Å². The number of carbonyl (C=O) groups is 1. The second kappa shape index (κ2) is 6.00. The van der Waals surface area contributed by atoms with E-state index in [9.17, 15) is 9.18 Å². The van der Waals surface area contributed by atoms with Crippen LogP contribution in [0.15, 0.2) is 18.2 Å². The molecule has 0 aliphatic heterocycles. The van der Waals surface area contributed by atoms with Crippen molar-refractivity contribution >= 4 is 17.4 Å². The van der Waals surface area contributed by atoms with E-state index in [1.165, 1.54) is 6.07 Å². The average Bonchev–Trinajstić information content (AvgIpc) is 2.25. The number of benzene rings is 1. The minimum absolute atomic E-state index is 0.00988. The molecule has 88 valence electrons. The molecule has 0 saturated carbocycles. The molecule has 1 aromatic rings. The van der Waals surface area contributed by atoms with Crippen molar-refractivity contribution < 1.29 is 9.18 Å². The van der Waals surface area contributed by atoms with Crippen LogP contribution in [0, 0.1) is 11.7 Å². The molecule has 0 radical (unpaired) electrons. The second-order valence-corrected chi connectivity index (χ2v) is 4.26. The molecule has 0 aliphatic rings. The topological polar surface area (TPSA) is 17.1 Å². The molecule has 3 heteroatoms. The largest absolute Gasteiger partial charge is 0.299 e. The Morgan fingerprint density at radius 1 is 1.38 bits per heavy atom. The van der Waals surface area contributed by atoms with Crippen LogP contribution in [-0.4, -0.2) is 5.78 Å². The van der Waals surface area contributed by atoms with E-state index in [0.29, 0.717) is 10.6 Å². The third kappa shape index (κ3) is 3.05. The van der Waals surface area contributed by atoms with Gasteiger partial charge in [0.15, 0.2) is 0 Å². The second-order valence-electron chi connectivity index (χ2n) is 3.86. The van der Waals surface area contributed by atoms with E-state index in [-0.39, 0.29) is 18.1 Å². The molecule has 1 aromatic carbocycles. The van der Waals surface area contributed by atoms with Gasteiger partial charge in [0.2, 0.25) is 0 Å². The molecule has 1 rings (SSSR count). The molecule has 0 heterocycles. The van der Waals surface area contributed by atoms with Gasteiger partial charge in [-0.3, -0.25) is 4.79 Å². The van der Waals surface area contributed by atoms with Gasteiger partial charge >= 0.3 is 0 Å². The highest BCUT2D eigenvalue weighted by Gasteiger charge is 2.18. The van der Waals surface area contributed by atoms with Crippen molar-refractivity contribution in [2.45, 2.75) is 33.1 Å². The Labute approximate surface area is 101 Å². The van der Waals surface area contributed by atoms with Crippen molar-refractivity contribution in [1.29, 1.82) is 0 Å². The predicted octanol–water partition coefficient (Wildman–Crippen LogP) is 4.03. The van der Waals surface area contributed by atoms with E-state index >= 15 is 0 Å². The molecule has 0 N–H and O–H groups in total. The summed E-state index contributed by atoms with van der Waals surface area (Å²) >= 11 is 5.87. The fraction of sp³-hybridized carbons (Fsp3) is 0.462. The SMILES string of the molecule is CCC(CC)C(=O)Cc1c(F)cccc1Cl. The molecule has 0 amide bonds. The van der Waals surface area contributed by atoms with Crippen LogP contribution >= 0.6 is 11.6 Å². The summed E-state index contributed by atoms with van der Waals surface area (Å²) in [7, 11) is 0. The molecule has 0 unspecified atom stereocenters.